The summed E-state index contributed by atoms with van der Waals surface area (Å²) in [5.74, 6) is 0.550. The van der Waals surface area contributed by atoms with Crippen molar-refractivity contribution in [2.45, 2.75) is 32.2 Å². The largest absolute Gasteiger partial charge is 0.382 e. The van der Waals surface area contributed by atoms with E-state index in [1.807, 2.05) is 6.07 Å². The number of fused-ring (bicyclic) bond motifs is 1. The Kier molecular flexibility index (Phi) is 3.15. The van der Waals surface area contributed by atoms with E-state index in [2.05, 4.69) is 40.3 Å². The average molecular weight is 256 g/mol. The number of aromatic nitrogens is 2. The van der Waals surface area contributed by atoms with Crippen LogP contribution >= 0.6 is 0 Å². The number of nitrogen functional groups attached to an aromatic ring is 1. The third kappa shape index (κ3) is 2.57. The quantitative estimate of drug-likeness (QED) is 0.887. The summed E-state index contributed by atoms with van der Waals surface area (Å²) in [4.78, 5) is 2.22. The van der Waals surface area contributed by atoms with Gasteiger partial charge in [0.25, 0.3) is 0 Å². The van der Waals surface area contributed by atoms with Gasteiger partial charge < -0.3 is 10.6 Å². The molecule has 2 aromatic rings. The predicted molar refractivity (Wildman–Crippen MR) is 78.2 cm³/mol. The first kappa shape index (κ1) is 12.1. The fraction of sp³-hybridized carbons (Fsp3) is 0.400. The number of nitrogens with one attached hydrogen (secondary N) is 1. The van der Waals surface area contributed by atoms with E-state index in [9.17, 15) is 0 Å². The molecular formula is C15H20N4. The van der Waals surface area contributed by atoms with Gasteiger partial charge in [0.15, 0.2) is 0 Å². The molecule has 100 valence electrons. The minimum Gasteiger partial charge on any atom is -0.382 e. The molecule has 4 heteroatoms. The van der Waals surface area contributed by atoms with Crippen molar-refractivity contribution in [1.29, 1.82) is 0 Å². The van der Waals surface area contributed by atoms with Crippen LogP contribution in [0.4, 0.5) is 11.5 Å². The summed E-state index contributed by atoms with van der Waals surface area (Å²) in [5.41, 5.74) is 11.0. The van der Waals surface area contributed by atoms with Gasteiger partial charge in [-0.15, -0.1) is 0 Å². The molecule has 1 aromatic carbocycles. The molecule has 0 spiro atoms. The Hall–Kier alpha value is -1.97. The van der Waals surface area contributed by atoms with E-state index in [1.165, 1.54) is 42.5 Å². The van der Waals surface area contributed by atoms with Crippen molar-refractivity contribution >= 4 is 11.5 Å². The Labute approximate surface area is 113 Å². The van der Waals surface area contributed by atoms with Gasteiger partial charge >= 0.3 is 0 Å². The smallest absolute Gasteiger partial charge is 0.145 e. The first-order valence-electron chi connectivity index (χ1n) is 6.85. The number of benzene rings is 1. The van der Waals surface area contributed by atoms with E-state index in [0.717, 1.165) is 12.2 Å². The summed E-state index contributed by atoms with van der Waals surface area (Å²) in [6.45, 7) is 0.795. The SMILES string of the molecule is CN(Cc1cc(N)n[nH]1)c1ccc2c(c1)CCCC2. The molecule has 1 aromatic heterocycles. The fourth-order valence-electron chi connectivity index (χ4n) is 2.76. The lowest BCUT2D eigenvalue weighted by molar-refractivity contribution is 0.685. The number of rotatable bonds is 3. The number of aryl methyl sites for hydroxylation is 2. The predicted octanol–water partition coefficient (Wildman–Crippen LogP) is 2.51. The number of hydrogen-bond acceptors (Lipinski definition) is 3. The third-order valence-corrected chi connectivity index (χ3v) is 3.83. The van der Waals surface area contributed by atoms with Crippen molar-refractivity contribution in [3.05, 3.63) is 41.1 Å². The summed E-state index contributed by atoms with van der Waals surface area (Å²) in [6.07, 6.45) is 5.09. The second kappa shape index (κ2) is 4.96. The van der Waals surface area contributed by atoms with Gasteiger partial charge in [-0.05, 0) is 48.9 Å². The van der Waals surface area contributed by atoms with Crippen LogP contribution in [0.3, 0.4) is 0 Å². The number of H-pyrrole nitrogens is 1. The van der Waals surface area contributed by atoms with Crippen LogP contribution in [-0.4, -0.2) is 17.2 Å². The molecule has 0 amide bonds. The van der Waals surface area contributed by atoms with Crippen molar-refractivity contribution in [2.24, 2.45) is 0 Å². The van der Waals surface area contributed by atoms with Crippen molar-refractivity contribution in [3.63, 3.8) is 0 Å². The van der Waals surface area contributed by atoms with Crippen LogP contribution in [0, 0.1) is 0 Å². The van der Waals surface area contributed by atoms with Gasteiger partial charge in [-0.25, -0.2) is 0 Å². The summed E-state index contributed by atoms with van der Waals surface area (Å²) in [7, 11) is 2.10. The van der Waals surface area contributed by atoms with Crippen LogP contribution in [0.5, 0.6) is 0 Å². The van der Waals surface area contributed by atoms with E-state index in [1.54, 1.807) is 0 Å². The number of anilines is 2. The summed E-state index contributed by atoms with van der Waals surface area (Å²) in [5, 5.41) is 6.91. The van der Waals surface area contributed by atoms with Gasteiger partial charge in [0.1, 0.15) is 5.82 Å². The molecule has 1 heterocycles. The molecule has 19 heavy (non-hydrogen) atoms. The van der Waals surface area contributed by atoms with Gasteiger partial charge in [-0.3, -0.25) is 5.10 Å². The molecule has 0 bridgehead atoms. The zero-order chi connectivity index (χ0) is 13.2. The topological polar surface area (TPSA) is 57.9 Å². The molecule has 0 atom stereocenters. The van der Waals surface area contributed by atoms with E-state index in [-0.39, 0.29) is 0 Å². The van der Waals surface area contributed by atoms with Gasteiger partial charge in [-0.2, -0.15) is 5.10 Å². The molecule has 1 aliphatic rings. The second-order valence-corrected chi connectivity index (χ2v) is 5.33. The third-order valence-electron chi connectivity index (χ3n) is 3.83. The highest BCUT2D eigenvalue weighted by molar-refractivity contribution is 5.51. The number of nitrogens with two attached hydrogens (primary N) is 1. The Morgan fingerprint density at radius 3 is 2.74 bits per heavy atom. The summed E-state index contributed by atoms with van der Waals surface area (Å²) >= 11 is 0. The van der Waals surface area contributed by atoms with Crippen molar-refractivity contribution < 1.29 is 0 Å². The van der Waals surface area contributed by atoms with Crippen molar-refractivity contribution in [3.8, 4) is 0 Å². The first-order chi connectivity index (χ1) is 9.22. The Morgan fingerprint density at radius 2 is 2.00 bits per heavy atom. The minimum absolute atomic E-state index is 0.550. The molecule has 3 rings (SSSR count). The van der Waals surface area contributed by atoms with Crippen LogP contribution in [0.1, 0.15) is 29.7 Å². The number of hydrogen-bond donors (Lipinski definition) is 2. The lowest BCUT2D eigenvalue weighted by Crippen LogP contribution is -2.17. The van der Waals surface area contributed by atoms with Crippen molar-refractivity contribution in [2.75, 3.05) is 17.7 Å². The van der Waals surface area contributed by atoms with Crippen LogP contribution in [0.25, 0.3) is 0 Å². The lowest BCUT2D eigenvalue weighted by atomic mass is 9.91. The monoisotopic (exact) mass is 256 g/mol. The molecule has 0 fully saturated rings. The molecule has 0 saturated carbocycles. The van der Waals surface area contributed by atoms with Gasteiger partial charge in [0.05, 0.1) is 12.2 Å². The first-order valence-corrected chi connectivity index (χ1v) is 6.85. The standard InChI is InChI=1S/C15H20N4/c1-19(10-13-9-15(16)18-17-13)14-7-6-11-4-2-3-5-12(11)8-14/h6-9H,2-5,10H2,1H3,(H3,16,17,18). The summed E-state index contributed by atoms with van der Waals surface area (Å²) in [6, 6.07) is 8.70. The number of aromatic amines is 1. The normalized spacial score (nSPS) is 14.2. The summed E-state index contributed by atoms with van der Waals surface area (Å²) < 4.78 is 0. The molecule has 4 nitrogen and oxygen atoms in total. The Bertz CT molecular complexity index is 573. The van der Waals surface area contributed by atoms with Gasteiger partial charge in [-0.1, -0.05) is 6.07 Å². The highest BCUT2D eigenvalue weighted by Gasteiger charge is 2.11. The van der Waals surface area contributed by atoms with Crippen LogP contribution in [-0.2, 0) is 19.4 Å². The molecule has 0 unspecified atom stereocenters. The second-order valence-electron chi connectivity index (χ2n) is 5.33. The van der Waals surface area contributed by atoms with Crippen LogP contribution in [0.2, 0.25) is 0 Å². The highest BCUT2D eigenvalue weighted by Crippen LogP contribution is 2.26. The maximum atomic E-state index is 5.62. The number of nitrogens with zero attached hydrogens (tertiary/aromatic N) is 2. The lowest BCUT2D eigenvalue weighted by Gasteiger charge is -2.22. The highest BCUT2D eigenvalue weighted by atomic mass is 15.2. The van der Waals surface area contributed by atoms with E-state index in [0.29, 0.717) is 5.82 Å². The maximum absolute atomic E-state index is 5.62. The zero-order valence-corrected chi connectivity index (χ0v) is 11.3. The van der Waals surface area contributed by atoms with E-state index >= 15 is 0 Å². The molecule has 0 saturated heterocycles. The Morgan fingerprint density at radius 1 is 1.21 bits per heavy atom. The maximum Gasteiger partial charge on any atom is 0.145 e. The van der Waals surface area contributed by atoms with E-state index < -0.39 is 0 Å². The van der Waals surface area contributed by atoms with Gasteiger partial charge in [0, 0.05) is 18.8 Å². The molecule has 1 aliphatic carbocycles. The van der Waals surface area contributed by atoms with E-state index in [4.69, 9.17) is 5.73 Å². The van der Waals surface area contributed by atoms with Crippen LogP contribution < -0.4 is 10.6 Å². The minimum atomic E-state index is 0.550. The van der Waals surface area contributed by atoms with Gasteiger partial charge in [0.2, 0.25) is 0 Å². The molecule has 3 N–H and O–H groups in total. The molecule has 0 radical (unpaired) electrons. The zero-order valence-electron chi connectivity index (χ0n) is 11.3. The molecular weight excluding hydrogens is 236 g/mol. The molecule has 0 aliphatic heterocycles. The Balaban J connectivity index is 1.77. The fourth-order valence-corrected chi connectivity index (χ4v) is 2.76. The average Bonchev–Trinajstić information content (AvgIpc) is 2.83. The van der Waals surface area contributed by atoms with Crippen molar-refractivity contribution in [1.82, 2.24) is 10.2 Å². The van der Waals surface area contributed by atoms with Crippen LogP contribution in [0.15, 0.2) is 24.3 Å².